The third-order valence-corrected chi connectivity index (χ3v) is 7.26. The second kappa shape index (κ2) is 8.77. The average Bonchev–Trinajstić information content (AvgIpc) is 3.44. The van der Waals surface area contributed by atoms with Crippen molar-refractivity contribution in [2.75, 3.05) is 12.4 Å². The second-order valence-electron chi connectivity index (χ2n) is 8.20. The summed E-state index contributed by atoms with van der Waals surface area (Å²) >= 11 is 0. The Bertz CT molecular complexity index is 1010. The lowest BCUT2D eigenvalue weighted by molar-refractivity contribution is 0.102. The van der Waals surface area contributed by atoms with Crippen molar-refractivity contribution < 1.29 is 17.9 Å². The van der Waals surface area contributed by atoms with Crippen LogP contribution in [0.5, 0.6) is 5.75 Å². The molecule has 0 aliphatic heterocycles. The van der Waals surface area contributed by atoms with Crippen molar-refractivity contribution in [2.24, 2.45) is 5.92 Å². The number of aromatic nitrogens is 2. The molecule has 162 valence electrons. The van der Waals surface area contributed by atoms with Crippen molar-refractivity contribution >= 4 is 21.7 Å². The van der Waals surface area contributed by atoms with Gasteiger partial charge >= 0.3 is 0 Å². The Balaban J connectivity index is 1.46. The number of sulfonamides is 1. The molecule has 3 N–H and O–H groups in total. The summed E-state index contributed by atoms with van der Waals surface area (Å²) in [5.74, 6) is 0.878. The molecule has 2 saturated carbocycles. The number of nitrogens with one attached hydrogen (secondary N) is 3. The van der Waals surface area contributed by atoms with Gasteiger partial charge in [-0.3, -0.25) is 9.89 Å². The molecule has 0 radical (unpaired) electrons. The van der Waals surface area contributed by atoms with E-state index in [2.05, 4.69) is 20.2 Å². The van der Waals surface area contributed by atoms with Gasteiger partial charge in [0.2, 0.25) is 10.0 Å². The number of carbonyl (C=O) groups is 1. The van der Waals surface area contributed by atoms with Crippen LogP contribution in [-0.2, 0) is 16.4 Å². The van der Waals surface area contributed by atoms with Gasteiger partial charge in [0.15, 0.2) is 5.82 Å². The molecule has 0 atom stereocenters. The van der Waals surface area contributed by atoms with Gasteiger partial charge < -0.3 is 10.1 Å². The Morgan fingerprint density at radius 3 is 2.63 bits per heavy atom. The molecule has 2 aliphatic carbocycles. The summed E-state index contributed by atoms with van der Waals surface area (Å²) in [5, 5.41) is 9.94. The number of methoxy groups -OCH3 is 1. The van der Waals surface area contributed by atoms with E-state index in [9.17, 15) is 13.2 Å². The number of hydrogen-bond donors (Lipinski definition) is 3. The highest BCUT2D eigenvalue weighted by molar-refractivity contribution is 7.89. The largest absolute Gasteiger partial charge is 0.495 e. The zero-order valence-electron chi connectivity index (χ0n) is 17.1. The van der Waals surface area contributed by atoms with Crippen LogP contribution in [0.15, 0.2) is 29.2 Å². The molecule has 8 nitrogen and oxygen atoms in total. The van der Waals surface area contributed by atoms with Crippen LogP contribution < -0.4 is 14.8 Å². The van der Waals surface area contributed by atoms with Gasteiger partial charge in [0, 0.05) is 23.4 Å². The number of carbonyl (C=O) groups excluding carboxylic acids is 1. The van der Waals surface area contributed by atoms with Gasteiger partial charge in [-0.05, 0) is 43.4 Å². The first-order chi connectivity index (χ1) is 14.4. The SMILES string of the molecule is COc1ccc(C(=O)Nc2cc(CC3CCCCC3)[nH]n2)cc1S(=O)(=O)NC1CC1. The van der Waals surface area contributed by atoms with Crippen LogP contribution in [-0.4, -0.2) is 37.7 Å². The number of anilines is 1. The first-order valence-electron chi connectivity index (χ1n) is 10.5. The molecular weight excluding hydrogens is 404 g/mol. The highest BCUT2D eigenvalue weighted by Gasteiger charge is 2.30. The summed E-state index contributed by atoms with van der Waals surface area (Å²) < 4.78 is 33.1. The van der Waals surface area contributed by atoms with E-state index < -0.39 is 15.9 Å². The van der Waals surface area contributed by atoms with Crippen LogP contribution in [0.2, 0.25) is 0 Å². The molecule has 9 heteroatoms. The fraction of sp³-hybridized carbons (Fsp3) is 0.524. The summed E-state index contributed by atoms with van der Waals surface area (Å²) in [6.07, 6.45) is 8.92. The van der Waals surface area contributed by atoms with E-state index in [4.69, 9.17) is 4.74 Å². The Kier molecular flexibility index (Phi) is 6.10. The number of ether oxygens (including phenoxy) is 1. The van der Waals surface area contributed by atoms with Gasteiger partial charge in [-0.2, -0.15) is 5.10 Å². The van der Waals surface area contributed by atoms with Gasteiger partial charge in [-0.1, -0.05) is 32.1 Å². The summed E-state index contributed by atoms with van der Waals surface area (Å²) in [6, 6.07) is 6.19. The minimum Gasteiger partial charge on any atom is -0.495 e. The third kappa shape index (κ3) is 5.02. The number of amides is 1. The van der Waals surface area contributed by atoms with Crippen LogP contribution >= 0.6 is 0 Å². The normalized spacial score (nSPS) is 17.6. The van der Waals surface area contributed by atoms with Crippen molar-refractivity contribution in [1.82, 2.24) is 14.9 Å². The van der Waals surface area contributed by atoms with Crippen molar-refractivity contribution in [3.05, 3.63) is 35.5 Å². The molecule has 0 spiro atoms. The van der Waals surface area contributed by atoms with Gasteiger partial charge in [-0.15, -0.1) is 0 Å². The summed E-state index contributed by atoms with van der Waals surface area (Å²) in [6.45, 7) is 0. The standard InChI is InChI=1S/C21H28N4O4S/c1-29-18-10-7-15(12-19(18)30(27,28)25-16-8-9-16)21(26)22-20-13-17(23-24-20)11-14-5-3-2-4-6-14/h7,10,12-14,16,25H,2-6,8-9,11H2,1H3,(H2,22,23,24,26). The number of rotatable bonds is 8. The maximum Gasteiger partial charge on any atom is 0.256 e. The molecular formula is C21H28N4O4S. The number of hydrogen-bond acceptors (Lipinski definition) is 5. The predicted octanol–water partition coefficient (Wildman–Crippen LogP) is 3.23. The first-order valence-corrected chi connectivity index (χ1v) is 12.0. The van der Waals surface area contributed by atoms with E-state index >= 15 is 0 Å². The molecule has 1 aromatic carbocycles. The molecule has 30 heavy (non-hydrogen) atoms. The molecule has 4 rings (SSSR count). The quantitative estimate of drug-likeness (QED) is 0.593. The van der Waals surface area contributed by atoms with Crippen LogP contribution in [0.4, 0.5) is 5.82 Å². The summed E-state index contributed by atoms with van der Waals surface area (Å²) in [4.78, 5) is 12.7. The van der Waals surface area contributed by atoms with E-state index in [1.807, 2.05) is 6.07 Å². The highest BCUT2D eigenvalue weighted by Crippen LogP contribution is 2.29. The van der Waals surface area contributed by atoms with Crippen molar-refractivity contribution in [1.29, 1.82) is 0 Å². The van der Waals surface area contributed by atoms with Gasteiger partial charge in [0.1, 0.15) is 10.6 Å². The Labute approximate surface area is 176 Å². The fourth-order valence-corrected chi connectivity index (χ4v) is 5.43. The maximum absolute atomic E-state index is 12.7. The number of benzene rings is 1. The topological polar surface area (TPSA) is 113 Å². The molecule has 1 amide bonds. The van der Waals surface area contributed by atoms with Crippen molar-refractivity contribution in [2.45, 2.75) is 62.3 Å². The number of aromatic amines is 1. The van der Waals surface area contributed by atoms with E-state index in [0.717, 1.165) is 25.0 Å². The van der Waals surface area contributed by atoms with E-state index in [1.54, 1.807) is 6.07 Å². The zero-order valence-corrected chi connectivity index (χ0v) is 17.9. The van der Waals surface area contributed by atoms with Crippen LogP contribution in [0.3, 0.4) is 0 Å². The van der Waals surface area contributed by atoms with E-state index in [0.29, 0.717) is 11.7 Å². The lowest BCUT2D eigenvalue weighted by atomic mass is 9.86. The number of H-pyrrole nitrogens is 1. The average molecular weight is 433 g/mol. The van der Waals surface area contributed by atoms with E-state index in [1.165, 1.54) is 51.3 Å². The minimum absolute atomic E-state index is 0.0374. The fourth-order valence-electron chi connectivity index (χ4n) is 3.93. The Morgan fingerprint density at radius 1 is 1.17 bits per heavy atom. The molecule has 0 saturated heterocycles. The second-order valence-corrected chi connectivity index (χ2v) is 9.88. The highest BCUT2D eigenvalue weighted by atomic mass is 32.2. The van der Waals surface area contributed by atoms with Crippen molar-refractivity contribution in [3.63, 3.8) is 0 Å². The van der Waals surface area contributed by atoms with Crippen molar-refractivity contribution in [3.8, 4) is 5.75 Å². The van der Waals surface area contributed by atoms with Crippen LogP contribution in [0.1, 0.15) is 61.0 Å². The molecule has 1 aromatic heterocycles. The Morgan fingerprint density at radius 2 is 1.93 bits per heavy atom. The lowest BCUT2D eigenvalue weighted by Gasteiger charge is -2.20. The smallest absolute Gasteiger partial charge is 0.256 e. The molecule has 2 fully saturated rings. The summed E-state index contributed by atoms with van der Waals surface area (Å²) in [7, 11) is -2.35. The molecule has 0 bridgehead atoms. The predicted molar refractivity (Wildman–Crippen MR) is 113 cm³/mol. The van der Waals surface area contributed by atoms with Crippen LogP contribution in [0.25, 0.3) is 0 Å². The van der Waals surface area contributed by atoms with E-state index in [-0.39, 0.29) is 22.3 Å². The molecule has 2 aromatic rings. The molecule has 2 aliphatic rings. The molecule has 0 unspecified atom stereocenters. The van der Waals surface area contributed by atoms with Gasteiger partial charge in [0.25, 0.3) is 5.91 Å². The van der Waals surface area contributed by atoms with Gasteiger partial charge in [-0.25, -0.2) is 13.1 Å². The first kappa shape index (κ1) is 20.9. The zero-order chi connectivity index (χ0) is 21.1. The maximum atomic E-state index is 12.7. The van der Waals surface area contributed by atoms with Gasteiger partial charge in [0.05, 0.1) is 7.11 Å². The monoisotopic (exact) mass is 432 g/mol. The Hall–Kier alpha value is -2.39. The minimum atomic E-state index is -3.76. The molecule has 1 heterocycles. The number of nitrogens with zero attached hydrogens (tertiary/aromatic N) is 1. The third-order valence-electron chi connectivity index (χ3n) is 5.72. The summed E-state index contributed by atoms with van der Waals surface area (Å²) in [5.41, 5.74) is 1.23. The van der Waals surface area contributed by atoms with Crippen LogP contribution in [0, 0.1) is 5.92 Å². The lowest BCUT2D eigenvalue weighted by Crippen LogP contribution is -2.26.